The van der Waals surface area contributed by atoms with E-state index in [0.717, 1.165) is 5.69 Å². The number of thiophene rings is 6. The molecule has 0 fully saturated rings. The van der Waals surface area contributed by atoms with Crippen LogP contribution in [0.25, 0.3) is 230 Å². The van der Waals surface area contributed by atoms with Gasteiger partial charge in [0.2, 0.25) is 0 Å². The third-order valence-electron chi connectivity index (χ3n) is 25.5. The molecule has 0 aliphatic rings. The van der Waals surface area contributed by atoms with Crippen molar-refractivity contribution in [1.29, 1.82) is 0 Å². The highest BCUT2D eigenvalue weighted by molar-refractivity contribution is 7.20. The van der Waals surface area contributed by atoms with Gasteiger partial charge in [0.1, 0.15) is 0 Å². The Morgan fingerprint density at radius 1 is 0.104 bits per heavy atom. The smallest absolute Gasteiger partial charge is 0.0541 e. The summed E-state index contributed by atoms with van der Waals surface area (Å²) in [6, 6.07) is 183. The van der Waals surface area contributed by atoms with E-state index >= 15 is 0 Å². The van der Waals surface area contributed by atoms with Gasteiger partial charge < -0.3 is 13.7 Å². The highest BCUT2D eigenvalue weighted by atomic mass is 32.1. The van der Waals surface area contributed by atoms with E-state index in [4.69, 9.17) is 0 Å². The summed E-state index contributed by atoms with van der Waals surface area (Å²) in [6.45, 7) is 0. The monoisotopic (exact) mass is 1830 g/mol. The molecule has 26 rings (SSSR count). The van der Waals surface area contributed by atoms with Crippen molar-refractivity contribution < 1.29 is 0 Å². The van der Waals surface area contributed by atoms with E-state index in [9.17, 15) is 0 Å². The molecule has 0 spiro atoms. The second-order valence-electron chi connectivity index (χ2n) is 33.7. The standard InChI is InChI=1S/2C44H29NS2.C38H25NS2/c1-4-10-30(11-5-1)34-18-22-39-37(28-34)38-29-35(44-27-26-42(47-44)32-14-8-3-9-15-32)19-23-40(38)45(39)36-20-16-33(17-21-36)43-25-24-41(46-43)31-12-6-2-7-13-31;1-3-9-31(10-4-1)41-25-27-43(46-41)33-17-15-30(16-18-33)35-21-24-40-38(29-35)37-13-7-8-14-39(37)45(40)36-22-19-34(20-23-36)44-28-26-42(47-44)32-11-5-2-6-12-32;1-3-9-26(10-4-1)35-21-22-37(40-35)28-15-18-30(19-16-28)39-33-14-8-7-13-31(33)32-25-29(17-20-34(32)39)38-24-23-36(41-38)27-11-5-2-6-12-27/h2*1-29H;1-25H. The summed E-state index contributed by atoms with van der Waals surface area (Å²) in [6.07, 6.45) is 0. The molecule has 9 heteroatoms. The van der Waals surface area contributed by atoms with Crippen LogP contribution in [0.5, 0.6) is 0 Å². The summed E-state index contributed by atoms with van der Waals surface area (Å²) in [5, 5.41) is 7.62. The second kappa shape index (κ2) is 36.5. The van der Waals surface area contributed by atoms with Crippen LogP contribution in [0.2, 0.25) is 0 Å². The molecular weight excluding hydrogens is 1750 g/mol. The Kier molecular flexibility index (Phi) is 22.3. The minimum absolute atomic E-state index is 1.16. The molecule has 3 nitrogen and oxygen atoms in total. The normalized spacial score (nSPS) is 11.4. The van der Waals surface area contributed by atoms with Crippen molar-refractivity contribution in [2.24, 2.45) is 0 Å². The number of para-hydroxylation sites is 2. The topological polar surface area (TPSA) is 14.8 Å². The van der Waals surface area contributed by atoms with E-state index in [1.54, 1.807) is 0 Å². The lowest BCUT2D eigenvalue weighted by atomic mass is 10.0. The van der Waals surface area contributed by atoms with Crippen LogP contribution in [0.15, 0.2) is 504 Å². The highest BCUT2D eigenvalue weighted by Crippen LogP contribution is 2.47. The first-order chi connectivity index (χ1) is 66.9. The van der Waals surface area contributed by atoms with Gasteiger partial charge in [0.05, 0.1) is 33.1 Å². The lowest BCUT2D eigenvalue weighted by molar-refractivity contribution is 1.18. The van der Waals surface area contributed by atoms with Crippen molar-refractivity contribution in [1.82, 2.24) is 13.7 Å². The number of aromatic nitrogens is 3. The van der Waals surface area contributed by atoms with Gasteiger partial charge in [-0.15, -0.1) is 68.0 Å². The molecule has 0 N–H and O–H groups in total. The van der Waals surface area contributed by atoms with Gasteiger partial charge in [0.25, 0.3) is 0 Å². The molecular formula is C126H83N3S6. The molecule has 0 saturated heterocycles. The van der Waals surface area contributed by atoms with Gasteiger partial charge in [0, 0.05) is 108 Å². The molecule has 0 radical (unpaired) electrons. The number of fused-ring (bicyclic) bond motifs is 9. The van der Waals surface area contributed by atoms with E-state index in [0.29, 0.717) is 0 Å². The minimum atomic E-state index is 1.16. The first-order valence-corrected chi connectivity index (χ1v) is 50.3. The van der Waals surface area contributed by atoms with Crippen LogP contribution in [0, 0.1) is 0 Å². The quantitative estimate of drug-likeness (QED) is 0.0863. The molecule has 9 heterocycles. The molecule has 0 saturated carbocycles. The zero-order chi connectivity index (χ0) is 89.5. The molecule has 17 aromatic carbocycles. The van der Waals surface area contributed by atoms with Crippen LogP contribution >= 0.6 is 68.0 Å². The molecule has 0 bridgehead atoms. The predicted octanol–water partition coefficient (Wildman–Crippen LogP) is 38.1. The fourth-order valence-corrected chi connectivity index (χ4v) is 24.8. The maximum atomic E-state index is 2.42. The molecule has 9 aromatic heterocycles. The minimum Gasteiger partial charge on any atom is -0.309 e. The molecule has 135 heavy (non-hydrogen) atoms. The fourth-order valence-electron chi connectivity index (χ4n) is 18.8. The van der Waals surface area contributed by atoms with E-state index < -0.39 is 0 Å². The van der Waals surface area contributed by atoms with E-state index in [2.05, 4.69) is 517 Å². The van der Waals surface area contributed by atoms with Gasteiger partial charge >= 0.3 is 0 Å². The van der Waals surface area contributed by atoms with Crippen molar-refractivity contribution in [3.63, 3.8) is 0 Å². The number of rotatable bonds is 17. The Morgan fingerprint density at radius 2 is 0.259 bits per heavy atom. The molecule has 0 unspecified atom stereocenters. The number of hydrogen-bond acceptors (Lipinski definition) is 6. The van der Waals surface area contributed by atoms with Crippen molar-refractivity contribution in [2.45, 2.75) is 0 Å². The van der Waals surface area contributed by atoms with Crippen LogP contribution in [-0.4, -0.2) is 13.7 Å². The second-order valence-corrected chi connectivity index (χ2v) is 40.2. The summed E-state index contributed by atoms with van der Waals surface area (Å²) in [7, 11) is 0. The molecule has 0 aliphatic heterocycles. The number of benzene rings is 17. The SMILES string of the molecule is c1ccc(-c2ccc(-c3ccc(-c4ccc5c(c4)c4ccccc4n5-c4ccc(-c5ccc(-c6ccccc6)s5)cc4)cc3)s2)cc1.c1ccc(-c2ccc(-c3ccc(-n4c5ccccc5c5cc(-c6ccc(-c7ccccc7)s6)ccc54)cc3)s2)cc1.c1ccc(-c2ccc3c(c2)c2cc(-c4ccc(-c5ccccc5)s4)ccc2n3-c2ccc(-c3ccc(-c4ccccc4)s3)cc2)cc1. The Balaban J connectivity index is 0.000000111. The first kappa shape index (κ1) is 82.5. The summed E-state index contributed by atoms with van der Waals surface area (Å²) >= 11 is 11.1. The van der Waals surface area contributed by atoms with E-state index in [1.807, 2.05) is 68.0 Å². The van der Waals surface area contributed by atoms with Gasteiger partial charge in [-0.25, -0.2) is 0 Å². The van der Waals surface area contributed by atoms with Crippen LogP contribution in [0.3, 0.4) is 0 Å². The Bertz CT molecular complexity index is 8710. The third-order valence-corrected chi connectivity index (χ3v) is 32.6. The van der Waals surface area contributed by atoms with Gasteiger partial charge in [-0.1, -0.05) is 334 Å². The number of nitrogens with zero attached hydrogens (tertiary/aromatic N) is 3. The zero-order valence-corrected chi connectivity index (χ0v) is 78.1. The van der Waals surface area contributed by atoms with Gasteiger partial charge in [-0.3, -0.25) is 0 Å². The number of hydrogen-bond donors (Lipinski definition) is 0. The Morgan fingerprint density at radius 3 is 0.511 bits per heavy atom. The molecule has 0 atom stereocenters. The summed E-state index contributed by atoms with van der Waals surface area (Å²) in [5.41, 5.74) is 30.8. The Hall–Kier alpha value is -15.7. The largest absolute Gasteiger partial charge is 0.309 e. The van der Waals surface area contributed by atoms with Crippen molar-refractivity contribution in [3.05, 3.63) is 504 Å². The predicted molar refractivity (Wildman–Crippen MR) is 586 cm³/mol. The third kappa shape index (κ3) is 16.4. The van der Waals surface area contributed by atoms with Crippen molar-refractivity contribution in [3.8, 4) is 165 Å². The molecule has 0 amide bonds. The van der Waals surface area contributed by atoms with Crippen molar-refractivity contribution >= 4 is 133 Å². The molecule has 26 aromatic rings. The summed E-state index contributed by atoms with van der Waals surface area (Å²) < 4.78 is 7.21. The van der Waals surface area contributed by atoms with Crippen molar-refractivity contribution in [2.75, 3.05) is 0 Å². The Labute approximate surface area is 808 Å². The maximum absolute atomic E-state index is 2.42. The van der Waals surface area contributed by atoms with Gasteiger partial charge in [-0.05, 0) is 259 Å². The lowest BCUT2D eigenvalue weighted by Crippen LogP contribution is -1.93. The molecule has 638 valence electrons. The van der Waals surface area contributed by atoms with Gasteiger partial charge in [0.15, 0.2) is 0 Å². The van der Waals surface area contributed by atoms with Crippen LogP contribution in [-0.2, 0) is 0 Å². The highest BCUT2D eigenvalue weighted by Gasteiger charge is 2.22. The van der Waals surface area contributed by atoms with Crippen LogP contribution < -0.4 is 0 Å². The summed E-state index contributed by atoms with van der Waals surface area (Å²) in [4.78, 5) is 15.5. The van der Waals surface area contributed by atoms with E-state index in [1.165, 1.54) is 224 Å². The maximum Gasteiger partial charge on any atom is 0.0541 e. The fraction of sp³-hybridized carbons (Fsp3) is 0. The van der Waals surface area contributed by atoms with Gasteiger partial charge in [-0.2, -0.15) is 0 Å². The van der Waals surface area contributed by atoms with Crippen LogP contribution in [0.4, 0.5) is 0 Å². The molecule has 0 aliphatic carbocycles. The lowest BCUT2D eigenvalue weighted by Gasteiger charge is -2.10. The average Bonchev–Trinajstić information content (AvgIpc) is 1.60. The van der Waals surface area contributed by atoms with E-state index in [-0.39, 0.29) is 0 Å². The zero-order valence-electron chi connectivity index (χ0n) is 73.2. The first-order valence-electron chi connectivity index (χ1n) is 45.4. The average molecular weight is 1830 g/mol. The summed E-state index contributed by atoms with van der Waals surface area (Å²) in [5.74, 6) is 0. The van der Waals surface area contributed by atoms with Crippen LogP contribution in [0.1, 0.15) is 0 Å².